The Morgan fingerprint density at radius 3 is 2.63 bits per heavy atom. The molecule has 0 aromatic carbocycles. The van der Waals surface area contributed by atoms with Crippen LogP contribution in [-0.2, 0) is 6.42 Å². The summed E-state index contributed by atoms with van der Waals surface area (Å²) in [5, 5.41) is 10.0. The monoisotopic (exact) mass is 267 g/mol. The average molecular weight is 267 g/mol. The predicted octanol–water partition coefficient (Wildman–Crippen LogP) is 1.99. The Hall–Kier alpha value is -1.36. The number of aryl methyl sites for hydroxylation is 1. The van der Waals surface area contributed by atoms with Gasteiger partial charge >= 0.3 is 0 Å². The molecular formula is C14H25N3O2. The van der Waals surface area contributed by atoms with Gasteiger partial charge in [0.05, 0.1) is 0 Å². The van der Waals surface area contributed by atoms with Gasteiger partial charge in [0.1, 0.15) is 5.76 Å². The molecule has 0 bridgehead atoms. The number of hydrogen-bond acceptors (Lipinski definition) is 4. The molecule has 0 spiro atoms. The van der Waals surface area contributed by atoms with Crippen LogP contribution in [0.25, 0.3) is 0 Å². The van der Waals surface area contributed by atoms with Gasteiger partial charge in [0.25, 0.3) is 5.91 Å². The number of aromatic nitrogens is 1. The largest absolute Gasteiger partial charge is 0.361 e. The van der Waals surface area contributed by atoms with Crippen LogP contribution in [-0.4, -0.2) is 30.7 Å². The SMILES string of the molecule is CCNCC(C)(CC)CNC(=O)c1cc(CC)on1. The minimum Gasteiger partial charge on any atom is -0.361 e. The van der Waals surface area contributed by atoms with Gasteiger partial charge in [-0.2, -0.15) is 0 Å². The lowest BCUT2D eigenvalue weighted by Gasteiger charge is -2.28. The maximum atomic E-state index is 12.0. The van der Waals surface area contributed by atoms with E-state index in [0.717, 1.165) is 31.7 Å². The van der Waals surface area contributed by atoms with Gasteiger partial charge in [-0.25, -0.2) is 0 Å². The molecule has 1 unspecified atom stereocenters. The molecule has 5 heteroatoms. The highest BCUT2D eigenvalue weighted by Crippen LogP contribution is 2.18. The number of hydrogen-bond donors (Lipinski definition) is 2. The fraction of sp³-hybridized carbons (Fsp3) is 0.714. The molecule has 5 nitrogen and oxygen atoms in total. The number of nitrogens with zero attached hydrogens (tertiary/aromatic N) is 1. The standard InChI is InChI=1S/C14H25N3O2/c1-5-11-8-12(17-19-11)13(18)16-10-14(4,6-2)9-15-7-3/h8,15H,5-7,9-10H2,1-4H3,(H,16,18). The average Bonchev–Trinajstić information content (AvgIpc) is 2.91. The summed E-state index contributed by atoms with van der Waals surface area (Å²) < 4.78 is 5.03. The first-order chi connectivity index (χ1) is 9.04. The van der Waals surface area contributed by atoms with Crippen molar-refractivity contribution in [2.24, 2.45) is 5.41 Å². The summed E-state index contributed by atoms with van der Waals surface area (Å²) in [6.07, 6.45) is 1.74. The Morgan fingerprint density at radius 1 is 1.37 bits per heavy atom. The first kappa shape index (κ1) is 15.7. The third-order valence-corrected chi connectivity index (χ3v) is 3.47. The van der Waals surface area contributed by atoms with E-state index in [9.17, 15) is 4.79 Å². The van der Waals surface area contributed by atoms with Gasteiger partial charge < -0.3 is 15.2 Å². The van der Waals surface area contributed by atoms with Crippen molar-refractivity contribution in [1.82, 2.24) is 15.8 Å². The second-order valence-corrected chi connectivity index (χ2v) is 5.16. The van der Waals surface area contributed by atoms with Crippen molar-refractivity contribution in [3.8, 4) is 0 Å². The lowest BCUT2D eigenvalue weighted by molar-refractivity contribution is 0.0922. The van der Waals surface area contributed by atoms with Crippen molar-refractivity contribution in [3.05, 3.63) is 17.5 Å². The lowest BCUT2D eigenvalue weighted by atomic mass is 9.87. The van der Waals surface area contributed by atoms with Gasteiger partial charge in [0.15, 0.2) is 5.69 Å². The molecule has 1 heterocycles. The molecule has 0 aliphatic rings. The van der Waals surface area contributed by atoms with Crippen molar-refractivity contribution in [2.45, 2.75) is 40.5 Å². The second-order valence-electron chi connectivity index (χ2n) is 5.16. The van der Waals surface area contributed by atoms with Crippen LogP contribution in [0.3, 0.4) is 0 Å². The molecule has 19 heavy (non-hydrogen) atoms. The summed E-state index contributed by atoms with van der Waals surface area (Å²) >= 11 is 0. The van der Waals surface area contributed by atoms with Crippen molar-refractivity contribution in [1.29, 1.82) is 0 Å². The molecule has 1 amide bonds. The summed E-state index contributed by atoms with van der Waals surface area (Å²) in [7, 11) is 0. The molecule has 0 saturated carbocycles. The fourth-order valence-corrected chi connectivity index (χ4v) is 1.71. The zero-order valence-electron chi connectivity index (χ0n) is 12.4. The summed E-state index contributed by atoms with van der Waals surface area (Å²) in [6, 6.07) is 1.70. The van der Waals surface area contributed by atoms with Crippen molar-refractivity contribution in [3.63, 3.8) is 0 Å². The van der Waals surface area contributed by atoms with Crippen molar-refractivity contribution in [2.75, 3.05) is 19.6 Å². The third-order valence-electron chi connectivity index (χ3n) is 3.47. The highest BCUT2D eigenvalue weighted by molar-refractivity contribution is 5.92. The highest BCUT2D eigenvalue weighted by Gasteiger charge is 2.23. The Morgan fingerprint density at radius 2 is 2.11 bits per heavy atom. The molecule has 108 valence electrons. The molecule has 1 atom stereocenters. The quantitative estimate of drug-likeness (QED) is 0.756. The van der Waals surface area contributed by atoms with E-state index < -0.39 is 0 Å². The normalized spacial score (nSPS) is 14.1. The molecule has 0 radical (unpaired) electrons. The topological polar surface area (TPSA) is 67.2 Å². The van der Waals surface area contributed by atoms with Crippen molar-refractivity contribution < 1.29 is 9.32 Å². The van der Waals surface area contributed by atoms with Gasteiger partial charge in [-0.15, -0.1) is 0 Å². The van der Waals surface area contributed by atoms with Gasteiger partial charge in [0.2, 0.25) is 0 Å². The van der Waals surface area contributed by atoms with Gasteiger partial charge in [-0.05, 0) is 18.4 Å². The summed E-state index contributed by atoms with van der Waals surface area (Å²) in [5.74, 6) is 0.565. The Labute approximate surface area is 115 Å². The van der Waals surface area contributed by atoms with Crippen LogP contribution < -0.4 is 10.6 Å². The Kier molecular flexibility index (Phi) is 6.02. The minimum atomic E-state index is -0.167. The lowest BCUT2D eigenvalue weighted by Crippen LogP contribution is -2.42. The number of amides is 1. The summed E-state index contributed by atoms with van der Waals surface area (Å²) in [6.45, 7) is 10.8. The summed E-state index contributed by atoms with van der Waals surface area (Å²) in [4.78, 5) is 12.0. The molecule has 0 aliphatic carbocycles. The van der Waals surface area contributed by atoms with E-state index in [0.29, 0.717) is 12.2 Å². The zero-order chi connectivity index (χ0) is 14.3. The smallest absolute Gasteiger partial charge is 0.273 e. The van der Waals surface area contributed by atoms with Crippen LogP contribution in [0.5, 0.6) is 0 Å². The van der Waals surface area contributed by atoms with Crippen LogP contribution in [0.1, 0.15) is 50.4 Å². The Balaban J connectivity index is 2.52. The molecule has 0 aliphatic heterocycles. The molecular weight excluding hydrogens is 242 g/mol. The Bertz CT molecular complexity index is 403. The fourth-order valence-electron chi connectivity index (χ4n) is 1.71. The van der Waals surface area contributed by atoms with E-state index in [1.54, 1.807) is 6.07 Å². The van der Waals surface area contributed by atoms with E-state index in [1.807, 2.05) is 6.92 Å². The molecule has 1 rings (SSSR count). The number of carbonyl (C=O) groups excluding carboxylic acids is 1. The number of nitrogens with one attached hydrogen (secondary N) is 2. The van der Waals surface area contributed by atoms with Crippen LogP contribution in [0, 0.1) is 5.41 Å². The minimum absolute atomic E-state index is 0.0585. The zero-order valence-corrected chi connectivity index (χ0v) is 12.4. The van der Waals surface area contributed by atoms with E-state index in [-0.39, 0.29) is 11.3 Å². The summed E-state index contributed by atoms with van der Waals surface area (Å²) in [5.41, 5.74) is 0.418. The molecule has 0 fully saturated rings. The maximum Gasteiger partial charge on any atom is 0.273 e. The van der Waals surface area contributed by atoms with Crippen LogP contribution >= 0.6 is 0 Å². The molecule has 1 aromatic heterocycles. The van der Waals surface area contributed by atoms with Crippen molar-refractivity contribution >= 4 is 5.91 Å². The van der Waals surface area contributed by atoms with Gasteiger partial charge in [-0.1, -0.05) is 32.9 Å². The first-order valence-electron chi connectivity index (χ1n) is 6.99. The van der Waals surface area contributed by atoms with Crippen LogP contribution in [0.15, 0.2) is 10.6 Å². The van der Waals surface area contributed by atoms with E-state index in [2.05, 4.69) is 36.6 Å². The highest BCUT2D eigenvalue weighted by atomic mass is 16.5. The predicted molar refractivity (Wildman–Crippen MR) is 75.2 cm³/mol. The number of rotatable bonds is 8. The van der Waals surface area contributed by atoms with E-state index in [1.165, 1.54) is 0 Å². The first-order valence-corrected chi connectivity index (χ1v) is 6.99. The van der Waals surface area contributed by atoms with E-state index >= 15 is 0 Å². The third kappa shape index (κ3) is 4.67. The number of carbonyl (C=O) groups is 1. The molecule has 0 saturated heterocycles. The van der Waals surface area contributed by atoms with Gasteiger partial charge in [-0.3, -0.25) is 4.79 Å². The second kappa shape index (κ2) is 7.28. The van der Waals surface area contributed by atoms with Crippen LogP contribution in [0.4, 0.5) is 0 Å². The van der Waals surface area contributed by atoms with Crippen LogP contribution in [0.2, 0.25) is 0 Å². The molecule has 2 N–H and O–H groups in total. The van der Waals surface area contributed by atoms with E-state index in [4.69, 9.17) is 4.52 Å². The molecule has 1 aromatic rings. The van der Waals surface area contributed by atoms with Gasteiger partial charge in [0, 0.05) is 25.6 Å². The maximum absolute atomic E-state index is 12.0.